The van der Waals surface area contributed by atoms with Gasteiger partial charge in [0.05, 0.1) is 32.4 Å². The lowest BCUT2D eigenvalue weighted by Crippen LogP contribution is -2.51. The molecular formula is C21H20ClFN4O3S2. The van der Waals surface area contributed by atoms with E-state index in [1.54, 1.807) is 4.90 Å². The molecule has 1 fully saturated rings. The molecule has 1 aliphatic rings. The highest BCUT2D eigenvalue weighted by Crippen LogP contribution is 2.25. The normalized spacial score (nSPS) is 15.3. The third-order valence-electron chi connectivity index (χ3n) is 5.15. The topological polar surface area (TPSA) is 83.5 Å². The number of fused-ring (bicyclic) bond motifs is 1. The van der Waals surface area contributed by atoms with Gasteiger partial charge in [-0.05, 0) is 37.3 Å². The van der Waals surface area contributed by atoms with E-state index < -0.39 is 15.8 Å². The summed E-state index contributed by atoms with van der Waals surface area (Å²) >= 11 is 7.05. The Balaban J connectivity index is 1.36. The maximum absolute atomic E-state index is 13.4. The number of sulfonamides is 1. The fraction of sp³-hybridized carbons (Fsp3) is 0.286. The molecule has 0 spiro atoms. The Kier molecular flexibility index (Phi) is 6.66. The van der Waals surface area contributed by atoms with Crippen LogP contribution in [-0.2, 0) is 14.8 Å². The highest BCUT2D eigenvalue weighted by Gasteiger charge is 2.30. The first-order valence-corrected chi connectivity index (χ1v) is 12.7. The second-order valence-corrected chi connectivity index (χ2v) is 10.6. The van der Waals surface area contributed by atoms with Crippen LogP contribution in [0.4, 0.5) is 4.39 Å². The molecular weight excluding hydrogens is 475 g/mol. The first kappa shape index (κ1) is 22.9. The fourth-order valence-corrected chi connectivity index (χ4v) is 5.95. The Bertz CT molecular complexity index is 1280. The second-order valence-electron chi connectivity index (χ2n) is 7.25. The van der Waals surface area contributed by atoms with Gasteiger partial charge >= 0.3 is 0 Å². The number of hydrogen-bond acceptors (Lipinski definition) is 6. The molecule has 1 aliphatic heterocycles. The molecule has 1 amide bonds. The predicted molar refractivity (Wildman–Crippen MR) is 122 cm³/mol. The number of thioether (sulfide) groups is 1. The first-order valence-electron chi connectivity index (χ1n) is 9.85. The van der Waals surface area contributed by atoms with Crippen LogP contribution in [0.2, 0.25) is 5.02 Å². The van der Waals surface area contributed by atoms with Crippen molar-refractivity contribution in [2.45, 2.75) is 16.8 Å². The van der Waals surface area contributed by atoms with Gasteiger partial charge in [-0.2, -0.15) is 4.31 Å². The van der Waals surface area contributed by atoms with Gasteiger partial charge in [0.1, 0.15) is 10.8 Å². The van der Waals surface area contributed by atoms with Crippen molar-refractivity contribution in [3.63, 3.8) is 0 Å². The lowest BCUT2D eigenvalue weighted by molar-refractivity contribution is -0.129. The van der Waals surface area contributed by atoms with Gasteiger partial charge in [0.15, 0.2) is 0 Å². The van der Waals surface area contributed by atoms with Gasteiger partial charge in [0, 0.05) is 26.2 Å². The van der Waals surface area contributed by atoms with Crippen molar-refractivity contribution in [2.24, 2.45) is 0 Å². The molecule has 0 unspecified atom stereocenters. The van der Waals surface area contributed by atoms with E-state index in [-0.39, 0.29) is 47.8 Å². The van der Waals surface area contributed by atoms with Crippen molar-refractivity contribution >= 4 is 50.3 Å². The number of hydrogen-bond donors (Lipinski definition) is 0. The number of aryl methyl sites for hydroxylation is 1. The van der Waals surface area contributed by atoms with Crippen LogP contribution in [0, 0.1) is 12.7 Å². The van der Waals surface area contributed by atoms with Crippen LogP contribution in [0.15, 0.2) is 52.4 Å². The van der Waals surface area contributed by atoms with Gasteiger partial charge in [-0.1, -0.05) is 35.5 Å². The summed E-state index contributed by atoms with van der Waals surface area (Å²) in [6, 6.07) is 10.9. The van der Waals surface area contributed by atoms with Crippen LogP contribution in [0.25, 0.3) is 11.0 Å². The van der Waals surface area contributed by atoms with Gasteiger partial charge < -0.3 is 4.90 Å². The van der Waals surface area contributed by atoms with E-state index in [9.17, 15) is 17.6 Å². The summed E-state index contributed by atoms with van der Waals surface area (Å²) in [5, 5.41) is 0.454. The zero-order valence-electron chi connectivity index (χ0n) is 17.2. The average Bonchev–Trinajstić information content (AvgIpc) is 2.79. The Labute approximate surface area is 194 Å². The zero-order valence-corrected chi connectivity index (χ0v) is 19.6. The van der Waals surface area contributed by atoms with E-state index in [1.165, 1.54) is 22.1 Å². The monoisotopic (exact) mass is 494 g/mol. The van der Waals surface area contributed by atoms with Crippen molar-refractivity contribution in [3.8, 4) is 0 Å². The third kappa shape index (κ3) is 4.73. The Morgan fingerprint density at radius 2 is 1.75 bits per heavy atom. The minimum absolute atomic E-state index is 0.0652. The van der Waals surface area contributed by atoms with E-state index in [0.717, 1.165) is 28.9 Å². The van der Waals surface area contributed by atoms with Crippen LogP contribution in [0.3, 0.4) is 0 Å². The molecule has 0 atom stereocenters. The predicted octanol–water partition coefficient (Wildman–Crippen LogP) is 3.36. The molecule has 2 aromatic carbocycles. The summed E-state index contributed by atoms with van der Waals surface area (Å²) in [5.74, 6) is -0.579. The summed E-state index contributed by atoms with van der Waals surface area (Å²) in [5.41, 5.74) is 2.34. The highest BCUT2D eigenvalue weighted by molar-refractivity contribution is 7.99. The molecule has 1 aromatic heterocycles. The van der Waals surface area contributed by atoms with E-state index in [0.29, 0.717) is 5.03 Å². The standard InChI is InChI=1S/C21H20ClFN4O3S2/c1-14-21(25-19-5-3-2-4-18(19)24-14)31-13-20(28)26-8-10-27(11-9-26)32(29,30)15-6-7-17(23)16(22)12-15/h2-7,12H,8-11,13H2,1H3. The number of piperazine rings is 1. The lowest BCUT2D eigenvalue weighted by atomic mass is 10.3. The van der Waals surface area contributed by atoms with Crippen LogP contribution < -0.4 is 0 Å². The maximum Gasteiger partial charge on any atom is 0.243 e. The lowest BCUT2D eigenvalue weighted by Gasteiger charge is -2.34. The van der Waals surface area contributed by atoms with Crippen molar-refractivity contribution in [2.75, 3.05) is 31.9 Å². The molecule has 1 saturated heterocycles. The highest BCUT2D eigenvalue weighted by atomic mass is 35.5. The van der Waals surface area contributed by atoms with Crippen molar-refractivity contribution in [1.82, 2.24) is 19.2 Å². The number of carbonyl (C=O) groups is 1. The molecule has 11 heteroatoms. The van der Waals surface area contributed by atoms with Gasteiger partial charge in [-0.3, -0.25) is 4.79 Å². The summed E-state index contributed by atoms with van der Waals surface area (Å²) < 4.78 is 40.3. The first-order chi connectivity index (χ1) is 15.3. The summed E-state index contributed by atoms with van der Waals surface area (Å²) in [6.07, 6.45) is 0. The van der Waals surface area contributed by atoms with Gasteiger partial charge in [-0.15, -0.1) is 0 Å². The van der Waals surface area contributed by atoms with Crippen LogP contribution in [0.5, 0.6) is 0 Å². The van der Waals surface area contributed by atoms with Gasteiger partial charge in [0.25, 0.3) is 0 Å². The minimum atomic E-state index is -3.81. The molecule has 0 saturated carbocycles. The number of carbonyl (C=O) groups excluding carboxylic acids is 1. The van der Waals surface area contributed by atoms with Gasteiger partial charge in [0.2, 0.25) is 15.9 Å². The SMILES string of the molecule is Cc1nc2ccccc2nc1SCC(=O)N1CCN(S(=O)(=O)c2ccc(F)c(Cl)c2)CC1. The number of benzene rings is 2. The Morgan fingerprint density at radius 3 is 2.41 bits per heavy atom. The largest absolute Gasteiger partial charge is 0.339 e. The minimum Gasteiger partial charge on any atom is -0.339 e. The zero-order chi connectivity index (χ0) is 22.9. The molecule has 0 N–H and O–H groups in total. The second kappa shape index (κ2) is 9.30. The molecule has 7 nitrogen and oxygen atoms in total. The molecule has 3 aromatic rings. The average molecular weight is 495 g/mol. The number of amides is 1. The molecule has 32 heavy (non-hydrogen) atoms. The van der Waals surface area contributed by atoms with E-state index in [2.05, 4.69) is 9.97 Å². The third-order valence-corrected chi connectivity index (χ3v) is 8.39. The van der Waals surface area contributed by atoms with Crippen LogP contribution >= 0.6 is 23.4 Å². The molecule has 0 radical (unpaired) electrons. The van der Waals surface area contributed by atoms with Crippen LogP contribution in [0.1, 0.15) is 5.69 Å². The number of aromatic nitrogens is 2. The molecule has 4 rings (SSSR count). The maximum atomic E-state index is 13.4. The van der Waals surface area contributed by atoms with Crippen molar-refractivity contribution in [1.29, 1.82) is 0 Å². The molecule has 2 heterocycles. The summed E-state index contributed by atoms with van der Waals surface area (Å²) in [7, 11) is -3.81. The summed E-state index contributed by atoms with van der Waals surface area (Å²) in [6.45, 7) is 2.72. The molecule has 0 aliphatic carbocycles. The molecule has 168 valence electrons. The van der Waals surface area contributed by atoms with E-state index in [1.807, 2.05) is 31.2 Å². The smallest absolute Gasteiger partial charge is 0.243 e. The van der Waals surface area contributed by atoms with E-state index >= 15 is 0 Å². The number of nitrogens with zero attached hydrogens (tertiary/aromatic N) is 4. The molecule has 0 bridgehead atoms. The number of rotatable bonds is 5. The van der Waals surface area contributed by atoms with E-state index in [4.69, 9.17) is 11.6 Å². The number of halogens is 2. The van der Waals surface area contributed by atoms with Gasteiger partial charge in [-0.25, -0.2) is 22.8 Å². The summed E-state index contributed by atoms with van der Waals surface area (Å²) in [4.78, 5) is 23.4. The van der Waals surface area contributed by atoms with Crippen molar-refractivity contribution in [3.05, 3.63) is 59.0 Å². The number of para-hydroxylation sites is 2. The Morgan fingerprint density at radius 1 is 1.09 bits per heavy atom. The van der Waals surface area contributed by atoms with Crippen LogP contribution in [-0.4, -0.2) is 65.4 Å². The fourth-order valence-electron chi connectivity index (χ4n) is 3.39. The van der Waals surface area contributed by atoms with Crippen molar-refractivity contribution < 1.29 is 17.6 Å². The quantitative estimate of drug-likeness (QED) is 0.506. The Hall–Kier alpha value is -2.27.